The summed E-state index contributed by atoms with van der Waals surface area (Å²) in [5.41, 5.74) is 7.51. The Hall–Kier alpha value is -0.830. The van der Waals surface area contributed by atoms with Crippen molar-refractivity contribution in [1.29, 1.82) is 0 Å². The summed E-state index contributed by atoms with van der Waals surface area (Å²) in [6, 6.07) is 0. The van der Waals surface area contributed by atoms with E-state index in [-0.39, 0.29) is 11.4 Å². The van der Waals surface area contributed by atoms with Crippen LogP contribution >= 0.6 is 0 Å². The van der Waals surface area contributed by atoms with Crippen LogP contribution in [0.4, 0.5) is 0 Å². The Bertz CT molecular complexity index is 316. The molecule has 0 bridgehead atoms. The van der Waals surface area contributed by atoms with Crippen LogP contribution in [0.15, 0.2) is 11.6 Å². The van der Waals surface area contributed by atoms with Crippen LogP contribution in [0.3, 0.4) is 0 Å². The fraction of sp³-hybridized carbons (Fsp3) is 0.786. The summed E-state index contributed by atoms with van der Waals surface area (Å²) in [5.74, 6) is 0.248. The summed E-state index contributed by atoms with van der Waals surface area (Å²) >= 11 is 0. The molecule has 1 fully saturated rings. The Kier molecular flexibility index (Phi) is 3.87. The summed E-state index contributed by atoms with van der Waals surface area (Å²) in [6.45, 7) is 3.78. The molecule has 1 aliphatic heterocycles. The summed E-state index contributed by atoms with van der Waals surface area (Å²) in [6.07, 6.45) is 9.39. The molecule has 1 amide bonds. The predicted octanol–water partition coefficient (Wildman–Crippen LogP) is 2.22. The SMILES string of the molecule is CC1=CCN(C(=O)CC2(N)CCCCC2)CC1. The van der Waals surface area contributed by atoms with Crippen LogP contribution in [-0.4, -0.2) is 29.4 Å². The van der Waals surface area contributed by atoms with Gasteiger partial charge >= 0.3 is 0 Å². The van der Waals surface area contributed by atoms with Gasteiger partial charge in [0, 0.05) is 25.0 Å². The number of amides is 1. The third kappa shape index (κ3) is 3.32. The molecule has 0 aromatic heterocycles. The highest BCUT2D eigenvalue weighted by molar-refractivity contribution is 5.77. The molecule has 1 saturated carbocycles. The first-order chi connectivity index (χ1) is 8.09. The van der Waals surface area contributed by atoms with Crippen LogP contribution in [0, 0.1) is 0 Å². The van der Waals surface area contributed by atoms with Crippen LogP contribution in [0.5, 0.6) is 0 Å². The largest absolute Gasteiger partial charge is 0.339 e. The van der Waals surface area contributed by atoms with Crippen molar-refractivity contribution >= 4 is 5.91 Å². The van der Waals surface area contributed by atoms with Gasteiger partial charge in [-0.2, -0.15) is 0 Å². The molecule has 0 spiro atoms. The van der Waals surface area contributed by atoms with Crippen LogP contribution in [0.2, 0.25) is 0 Å². The van der Waals surface area contributed by atoms with Crippen LogP contribution < -0.4 is 5.73 Å². The molecule has 0 aromatic rings. The van der Waals surface area contributed by atoms with Crippen molar-refractivity contribution in [2.75, 3.05) is 13.1 Å². The lowest BCUT2D eigenvalue weighted by molar-refractivity contribution is -0.132. The van der Waals surface area contributed by atoms with Crippen LogP contribution in [0.1, 0.15) is 51.9 Å². The molecule has 2 N–H and O–H groups in total. The third-order valence-corrected chi connectivity index (χ3v) is 4.14. The van der Waals surface area contributed by atoms with Gasteiger partial charge in [0.15, 0.2) is 0 Å². The van der Waals surface area contributed by atoms with Crippen molar-refractivity contribution in [2.24, 2.45) is 5.73 Å². The van der Waals surface area contributed by atoms with Crippen molar-refractivity contribution in [2.45, 2.75) is 57.4 Å². The molecule has 96 valence electrons. The van der Waals surface area contributed by atoms with Gasteiger partial charge in [-0.25, -0.2) is 0 Å². The first-order valence-corrected chi connectivity index (χ1v) is 6.81. The van der Waals surface area contributed by atoms with Crippen molar-refractivity contribution in [3.8, 4) is 0 Å². The van der Waals surface area contributed by atoms with Gasteiger partial charge in [0.25, 0.3) is 0 Å². The average molecular weight is 236 g/mol. The van der Waals surface area contributed by atoms with E-state index in [4.69, 9.17) is 5.73 Å². The van der Waals surface area contributed by atoms with Gasteiger partial charge in [-0.05, 0) is 26.2 Å². The lowest BCUT2D eigenvalue weighted by Gasteiger charge is -2.35. The van der Waals surface area contributed by atoms with Gasteiger partial charge in [0.2, 0.25) is 5.91 Å². The Morgan fingerprint density at radius 3 is 2.71 bits per heavy atom. The Labute approximate surface area is 104 Å². The maximum absolute atomic E-state index is 12.2. The van der Waals surface area contributed by atoms with Gasteiger partial charge in [0.05, 0.1) is 0 Å². The van der Waals surface area contributed by atoms with Crippen molar-refractivity contribution in [1.82, 2.24) is 4.90 Å². The third-order valence-electron chi connectivity index (χ3n) is 4.14. The quantitative estimate of drug-likeness (QED) is 0.747. The first-order valence-electron chi connectivity index (χ1n) is 6.81. The van der Waals surface area contributed by atoms with Crippen LogP contribution in [-0.2, 0) is 4.79 Å². The minimum atomic E-state index is -0.217. The first kappa shape index (κ1) is 12.6. The molecular weight excluding hydrogens is 212 g/mol. The van der Waals surface area contributed by atoms with Crippen molar-refractivity contribution < 1.29 is 4.79 Å². The molecule has 0 unspecified atom stereocenters. The smallest absolute Gasteiger partial charge is 0.224 e. The van der Waals surface area contributed by atoms with Gasteiger partial charge in [0.1, 0.15) is 0 Å². The lowest BCUT2D eigenvalue weighted by atomic mass is 9.80. The topological polar surface area (TPSA) is 46.3 Å². The van der Waals surface area contributed by atoms with E-state index in [1.54, 1.807) is 0 Å². The zero-order valence-electron chi connectivity index (χ0n) is 10.9. The number of nitrogens with zero attached hydrogens (tertiary/aromatic N) is 1. The van der Waals surface area contributed by atoms with Crippen molar-refractivity contribution in [3.05, 3.63) is 11.6 Å². The molecule has 2 rings (SSSR count). The normalized spacial score (nSPS) is 24.4. The van der Waals surface area contributed by atoms with Crippen LogP contribution in [0.25, 0.3) is 0 Å². The highest BCUT2D eigenvalue weighted by Gasteiger charge is 2.31. The second-order valence-electron chi connectivity index (χ2n) is 5.74. The minimum Gasteiger partial charge on any atom is -0.339 e. The maximum Gasteiger partial charge on any atom is 0.224 e. The van der Waals surface area contributed by atoms with E-state index in [2.05, 4.69) is 13.0 Å². The minimum absolute atomic E-state index is 0.217. The summed E-state index contributed by atoms with van der Waals surface area (Å²) in [7, 11) is 0. The second kappa shape index (κ2) is 5.21. The molecule has 0 aromatic carbocycles. The molecule has 3 nitrogen and oxygen atoms in total. The molecule has 0 saturated heterocycles. The van der Waals surface area contributed by atoms with Gasteiger partial charge in [-0.3, -0.25) is 4.79 Å². The zero-order chi connectivity index (χ0) is 12.3. The van der Waals surface area contributed by atoms with E-state index in [1.807, 2.05) is 4.90 Å². The number of hydrogen-bond acceptors (Lipinski definition) is 2. The average Bonchev–Trinajstić information content (AvgIpc) is 2.30. The standard InChI is InChI=1S/C14H24N2O/c1-12-5-9-16(10-6-12)13(17)11-14(15)7-3-2-4-8-14/h5H,2-4,6-11,15H2,1H3. The number of hydrogen-bond donors (Lipinski definition) is 1. The monoisotopic (exact) mass is 236 g/mol. The molecule has 1 aliphatic carbocycles. The zero-order valence-corrected chi connectivity index (χ0v) is 10.9. The van der Waals surface area contributed by atoms with E-state index in [0.717, 1.165) is 32.4 Å². The highest BCUT2D eigenvalue weighted by atomic mass is 16.2. The predicted molar refractivity (Wildman–Crippen MR) is 69.6 cm³/mol. The second-order valence-corrected chi connectivity index (χ2v) is 5.74. The molecule has 17 heavy (non-hydrogen) atoms. The number of rotatable bonds is 2. The summed E-state index contributed by atoms with van der Waals surface area (Å²) in [5, 5.41) is 0. The summed E-state index contributed by atoms with van der Waals surface area (Å²) < 4.78 is 0. The molecular formula is C14H24N2O. The van der Waals surface area contributed by atoms with Crippen molar-refractivity contribution in [3.63, 3.8) is 0 Å². The van der Waals surface area contributed by atoms with E-state index in [9.17, 15) is 4.79 Å². The Morgan fingerprint density at radius 2 is 2.12 bits per heavy atom. The van der Waals surface area contributed by atoms with E-state index < -0.39 is 0 Å². The summed E-state index contributed by atoms with van der Waals surface area (Å²) in [4.78, 5) is 14.1. The maximum atomic E-state index is 12.2. The highest BCUT2D eigenvalue weighted by Crippen LogP contribution is 2.29. The molecule has 1 heterocycles. The van der Waals surface area contributed by atoms with Gasteiger partial charge in [-0.15, -0.1) is 0 Å². The van der Waals surface area contributed by atoms with E-state index in [0.29, 0.717) is 6.42 Å². The Balaban J connectivity index is 1.88. The molecule has 3 heteroatoms. The number of carbonyl (C=O) groups is 1. The fourth-order valence-electron chi connectivity index (χ4n) is 2.84. The Morgan fingerprint density at radius 1 is 1.41 bits per heavy atom. The number of nitrogens with two attached hydrogens (primary N) is 1. The molecule has 0 atom stereocenters. The van der Waals surface area contributed by atoms with Gasteiger partial charge < -0.3 is 10.6 Å². The van der Waals surface area contributed by atoms with E-state index in [1.165, 1.54) is 24.8 Å². The fourth-order valence-corrected chi connectivity index (χ4v) is 2.84. The number of carbonyl (C=O) groups excluding carboxylic acids is 1. The van der Waals surface area contributed by atoms with E-state index >= 15 is 0 Å². The van der Waals surface area contributed by atoms with Gasteiger partial charge in [-0.1, -0.05) is 30.9 Å². The molecule has 2 aliphatic rings. The lowest BCUT2D eigenvalue weighted by Crippen LogP contribution is -2.47. The molecule has 0 radical (unpaired) electrons.